The van der Waals surface area contributed by atoms with E-state index in [1.165, 1.54) is 0 Å². The smallest absolute Gasteiger partial charge is 0.325 e. The van der Waals surface area contributed by atoms with E-state index in [2.05, 4.69) is 5.32 Å². The van der Waals surface area contributed by atoms with E-state index in [9.17, 15) is 9.59 Å². The van der Waals surface area contributed by atoms with E-state index >= 15 is 0 Å². The first-order valence-corrected chi connectivity index (χ1v) is 6.25. The van der Waals surface area contributed by atoms with E-state index in [0.717, 1.165) is 6.42 Å². The summed E-state index contributed by atoms with van der Waals surface area (Å²) < 4.78 is 6.49. The monoisotopic (exact) mass is 272 g/mol. The summed E-state index contributed by atoms with van der Waals surface area (Å²) in [6, 6.07) is 1.58. The summed E-state index contributed by atoms with van der Waals surface area (Å²) in [5.74, 6) is -0.783. The quantitative estimate of drug-likeness (QED) is 0.804. The largest absolute Gasteiger partial charge is 0.465 e. The first-order valence-electron chi connectivity index (χ1n) is 5.88. The van der Waals surface area contributed by atoms with Crippen molar-refractivity contribution >= 4 is 23.5 Å². The number of hydrogen-bond donors (Lipinski definition) is 1. The van der Waals surface area contributed by atoms with Gasteiger partial charge in [-0.3, -0.25) is 9.59 Å². The zero-order valence-electron chi connectivity index (χ0n) is 10.5. The third-order valence-corrected chi connectivity index (χ3v) is 2.47. The number of aryl methyl sites for hydroxylation is 1. The molecule has 0 radical (unpaired) electrons. The van der Waals surface area contributed by atoms with Crippen LogP contribution in [0.25, 0.3) is 0 Å². The predicted molar refractivity (Wildman–Crippen MR) is 68.7 cm³/mol. The fraction of sp³-hybridized carbons (Fsp3) is 0.500. The Kier molecular flexibility index (Phi) is 5.71. The zero-order chi connectivity index (χ0) is 13.5. The maximum Gasteiger partial charge on any atom is 0.325 e. The molecule has 1 aromatic heterocycles. The topological polar surface area (TPSA) is 60.3 Å². The number of esters is 1. The Morgan fingerprint density at radius 2 is 2.17 bits per heavy atom. The minimum Gasteiger partial charge on any atom is -0.465 e. The lowest BCUT2D eigenvalue weighted by atomic mass is 10.3. The highest BCUT2D eigenvalue weighted by molar-refractivity contribution is 6.31. The average Bonchev–Trinajstić information content (AvgIpc) is 2.68. The van der Waals surface area contributed by atoms with E-state index in [0.29, 0.717) is 23.9 Å². The van der Waals surface area contributed by atoms with Crippen LogP contribution >= 0.6 is 11.6 Å². The number of nitrogens with one attached hydrogen (secondary N) is 1. The summed E-state index contributed by atoms with van der Waals surface area (Å²) in [5, 5.41) is 3.01. The number of carbonyl (C=O) groups excluding carboxylic acids is 2. The van der Waals surface area contributed by atoms with Crippen molar-refractivity contribution in [3.63, 3.8) is 0 Å². The van der Waals surface area contributed by atoms with Gasteiger partial charge in [-0.1, -0.05) is 18.5 Å². The summed E-state index contributed by atoms with van der Waals surface area (Å²) in [6.07, 6.45) is 2.59. The number of rotatable bonds is 6. The zero-order valence-corrected chi connectivity index (χ0v) is 11.3. The highest BCUT2D eigenvalue weighted by atomic mass is 35.5. The molecule has 0 bridgehead atoms. The molecule has 0 fully saturated rings. The van der Waals surface area contributed by atoms with Crippen LogP contribution in [-0.4, -0.2) is 29.6 Å². The molecule has 0 aliphatic heterocycles. The third-order valence-electron chi connectivity index (χ3n) is 2.26. The van der Waals surface area contributed by atoms with E-state index in [1.54, 1.807) is 23.8 Å². The van der Waals surface area contributed by atoms with Crippen molar-refractivity contribution in [1.29, 1.82) is 0 Å². The molecule has 0 aromatic carbocycles. The standard InChI is InChI=1S/C12H17ClN2O3/c1-3-5-15-8-9(13)6-10(15)12(17)14-7-11(16)18-4-2/h6,8H,3-5,7H2,1-2H3,(H,14,17). The van der Waals surface area contributed by atoms with E-state index < -0.39 is 5.97 Å². The van der Waals surface area contributed by atoms with E-state index in [-0.39, 0.29) is 12.5 Å². The Morgan fingerprint density at radius 3 is 2.78 bits per heavy atom. The number of aromatic nitrogens is 1. The molecule has 1 heterocycles. The number of amides is 1. The molecule has 5 nitrogen and oxygen atoms in total. The van der Waals surface area contributed by atoms with Gasteiger partial charge in [-0.2, -0.15) is 0 Å². The van der Waals surface area contributed by atoms with Crippen LogP contribution in [0.3, 0.4) is 0 Å². The van der Waals surface area contributed by atoms with Gasteiger partial charge in [0.25, 0.3) is 5.91 Å². The van der Waals surface area contributed by atoms with Crippen molar-refractivity contribution in [3.8, 4) is 0 Å². The van der Waals surface area contributed by atoms with Gasteiger partial charge in [0.2, 0.25) is 0 Å². The minimum atomic E-state index is -0.453. The molecular weight excluding hydrogens is 256 g/mol. The molecule has 1 amide bonds. The molecule has 0 aliphatic carbocycles. The maximum absolute atomic E-state index is 11.9. The summed E-state index contributed by atoms with van der Waals surface area (Å²) in [4.78, 5) is 23.0. The molecular formula is C12H17ClN2O3. The predicted octanol–water partition coefficient (Wildman–Crippen LogP) is 1.84. The van der Waals surface area contributed by atoms with E-state index in [1.807, 2.05) is 6.92 Å². The van der Waals surface area contributed by atoms with Gasteiger partial charge >= 0.3 is 5.97 Å². The fourth-order valence-electron chi connectivity index (χ4n) is 1.55. The van der Waals surface area contributed by atoms with Crippen LogP contribution < -0.4 is 5.32 Å². The Morgan fingerprint density at radius 1 is 1.44 bits per heavy atom. The van der Waals surface area contributed by atoms with E-state index in [4.69, 9.17) is 16.3 Å². The average molecular weight is 273 g/mol. The van der Waals surface area contributed by atoms with Crippen LogP contribution in [0.5, 0.6) is 0 Å². The molecule has 100 valence electrons. The summed E-state index contributed by atoms with van der Waals surface area (Å²) in [6.45, 7) is 4.59. The van der Waals surface area contributed by atoms with Crippen LogP contribution in [-0.2, 0) is 16.1 Å². The number of carbonyl (C=O) groups is 2. The molecule has 18 heavy (non-hydrogen) atoms. The third kappa shape index (κ3) is 4.07. The Hall–Kier alpha value is -1.49. The maximum atomic E-state index is 11.9. The highest BCUT2D eigenvalue weighted by Gasteiger charge is 2.14. The van der Waals surface area contributed by atoms with Gasteiger partial charge in [0.1, 0.15) is 12.2 Å². The molecule has 6 heteroatoms. The lowest BCUT2D eigenvalue weighted by Crippen LogP contribution is -2.32. The first-order chi connectivity index (χ1) is 8.58. The molecule has 0 atom stereocenters. The van der Waals surface area contributed by atoms with Gasteiger partial charge in [0.05, 0.1) is 11.6 Å². The van der Waals surface area contributed by atoms with Crippen LogP contribution in [0.4, 0.5) is 0 Å². The van der Waals surface area contributed by atoms with Gasteiger partial charge < -0.3 is 14.6 Å². The number of ether oxygens (including phenoxy) is 1. The molecule has 1 aromatic rings. The van der Waals surface area contributed by atoms with Crippen molar-refractivity contribution in [1.82, 2.24) is 9.88 Å². The van der Waals surface area contributed by atoms with Crippen molar-refractivity contribution in [2.75, 3.05) is 13.2 Å². The summed E-state index contributed by atoms with van der Waals surface area (Å²) in [7, 11) is 0. The van der Waals surface area contributed by atoms with Gasteiger partial charge in [-0.05, 0) is 19.4 Å². The van der Waals surface area contributed by atoms with Crippen LogP contribution in [0.1, 0.15) is 30.8 Å². The molecule has 1 rings (SSSR count). The Bertz CT molecular complexity index is 429. The van der Waals surface area contributed by atoms with Gasteiger partial charge in [0, 0.05) is 12.7 Å². The molecule has 1 N–H and O–H groups in total. The van der Waals surface area contributed by atoms with Crippen LogP contribution in [0, 0.1) is 0 Å². The highest BCUT2D eigenvalue weighted by Crippen LogP contribution is 2.14. The normalized spacial score (nSPS) is 10.2. The second kappa shape index (κ2) is 7.06. The Balaban J connectivity index is 2.63. The molecule has 0 spiro atoms. The van der Waals surface area contributed by atoms with Crippen LogP contribution in [0.15, 0.2) is 12.3 Å². The van der Waals surface area contributed by atoms with Crippen molar-refractivity contribution in [3.05, 3.63) is 23.0 Å². The number of nitrogens with zero attached hydrogens (tertiary/aromatic N) is 1. The lowest BCUT2D eigenvalue weighted by molar-refractivity contribution is -0.141. The van der Waals surface area contributed by atoms with Crippen LogP contribution in [0.2, 0.25) is 5.02 Å². The minimum absolute atomic E-state index is 0.137. The first kappa shape index (κ1) is 14.6. The van der Waals surface area contributed by atoms with Crippen molar-refractivity contribution in [2.24, 2.45) is 0 Å². The molecule has 0 unspecified atom stereocenters. The van der Waals surface area contributed by atoms with Gasteiger partial charge in [-0.15, -0.1) is 0 Å². The fourth-order valence-corrected chi connectivity index (χ4v) is 1.77. The lowest BCUT2D eigenvalue weighted by Gasteiger charge is -2.08. The summed E-state index contributed by atoms with van der Waals surface area (Å²) in [5.41, 5.74) is 0.450. The second-order valence-corrected chi connectivity index (χ2v) is 4.16. The van der Waals surface area contributed by atoms with Crippen molar-refractivity contribution < 1.29 is 14.3 Å². The molecule has 0 aliphatic rings. The Labute approximate surface area is 111 Å². The molecule has 0 saturated heterocycles. The SMILES string of the molecule is CCCn1cc(Cl)cc1C(=O)NCC(=O)OCC. The number of halogens is 1. The molecule has 0 saturated carbocycles. The number of hydrogen-bond acceptors (Lipinski definition) is 3. The summed E-state index contributed by atoms with van der Waals surface area (Å²) >= 11 is 5.87. The van der Waals surface area contributed by atoms with Gasteiger partial charge in [-0.25, -0.2) is 0 Å². The van der Waals surface area contributed by atoms with Gasteiger partial charge in [0.15, 0.2) is 0 Å². The van der Waals surface area contributed by atoms with Crippen molar-refractivity contribution in [2.45, 2.75) is 26.8 Å². The second-order valence-electron chi connectivity index (χ2n) is 3.72.